The van der Waals surface area contributed by atoms with Gasteiger partial charge in [-0.25, -0.2) is 8.42 Å². The molecule has 8 heteroatoms. The molecule has 2 aromatic rings. The molecule has 7 nitrogen and oxygen atoms in total. The van der Waals surface area contributed by atoms with Crippen LogP contribution < -0.4 is 9.64 Å². The molecule has 1 amide bonds. The van der Waals surface area contributed by atoms with E-state index in [9.17, 15) is 18.0 Å². The SMILES string of the molecule is COc1ccc(CC2C(=O)N(CC(=O)O)c3ccccc3S2(=O)=O)cc1. The summed E-state index contributed by atoms with van der Waals surface area (Å²) in [6, 6.07) is 12.7. The van der Waals surface area contributed by atoms with E-state index >= 15 is 0 Å². The molecule has 0 saturated heterocycles. The van der Waals surface area contributed by atoms with Crippen LogP contribution in [0.1, 0.15) is 5.56 Å². The number of carboxylic acid groups (broad SMARTS) is 1. The van der Waals surface area contributed by atoms with Gasteiger partial charge in [0.25, 0.3) is 0 Å². The number of aliphatic carboxylic acids is 1. The number of amides is 1. The van der Waals surface area contributed by atoms with E-state index in [4.69, 9.17) is 9.84 Å². The van der Waals surface area contributed by atoms with Crippen molar-refractivity contribution in [2.24, 2.45) is 0 Å². The third kappa shape index (κ3) is 3.15. The van der Waals surface area contributed by atoms with Crippen LogP contribution in [0.15, 0.2) is 53.4 Å². The fourth-order valence-corrected chi connectivity index (χ4v) is 4.82. The number of carbonyl (C=O) groups is 2. The van der Waals surface area contributed by atoms with Crippen molar-refractivity contribution < 1.29 is 27.9 Å². The summed E-state index contributed by atoms with van der Waals surface area (Å²) in [6.07, 6.45) is -0.0460. The van der Waals surface area contributed by atoms with Gasteiger partial charge in [0.15, 0.2) is 9.84 Å². The number of carbonyl (C=O) groups excluding carboxylic acids is 1. The summed E-state index contributed by atoms with van der Waals surface area (Å²) in [5, 5.41) is 7.75. The average molecular weight is 375 g/mol. The Labute approximate surface area is 150 Å². The lowest BCUT2D eigenvalue weighted by Crippen LogP contribution is -2.50. The Kier molecular flexibility index (Phi) is 4.69. The maximum atomic E-state index is 13.0. The summed E-state index contributed by atoms with van der Waals surface area (Å²) in [5.74, 6) is -1.33. The van der Waals surface area contributed by atoms with E-state index in [0.29, 0.717) is 11.3 Å². The number of hydrogen-bond acceptors (Lipinski definition) is 5. The normalized spacial score (nSPS) is 18.3. The van der Waals surface area contributed by atoms with Gasteiger partial charge in [0.05, 0.1) is 17.7 Å². The van der Waals surface area contributed by atoms with Crippen LogP contribution in [0, 0.1) is 0 Å². The number of para-hydroxylation sites is 1. The quantitative estimate of drug-likeness (QED) is 0.850. The van der Waals surface area contributed by atoms with Crippen molar-refractivity contribution in [3.8, 4) is 5.75 Å². The van der Waals surface area contributed by atoms with E-state index in [2.05, 4.69) is 0 Å². The molecule has 1 unspecified atom stereocenters. The second kappa shape index (κ2) is 6.80. The van der Waals surface area contributed by atoms with Crippen molar-refractivity contribution in [1.82, 2.24) is 0 Å². The molecule has 1 aliphatic rings. The van der Waals surface area contributed by atoms with Gasteiger partial charge in [-0.2, -0.15) is 0 Å². The number of carboxylic acids is 1. The maximum Gasteiger partial charge on any atom is 0.323 e. The van der Waals surface area contributed by atoms with E-state index in [0.717, 1.165) is 4.90 Å². The molecule has 0 radical (unpaired) electrons. The van der Waals surface area contributed by atoms with Gasteiger partial charge in [-0.1, -0.05) is 24.3 Å². The lowest BCUT2D eigenvalue weighted by Gasteiger charge is -2.33. The second-order valence-electron chi connectivity index (χ2n) is 5.87. The first-order valence-electron chi connectivity index (χ1n) is 7.83. The highest BCUT2D eigenvalue weighted by atomic mass is 32.2. The molecule has 136 valence electrons. The largest absolute Gasteiger partial charge is 0.497 e. The fourth-order valence-electron chi connectivity index (χ4n) is 2.97. The molecule has 0 saturated carbocycles. The monoisotopic (exact) mass is 375 g/mol. The van der Waals surface area contributed by atoms with Crippen molar-refractivity contribution in [2.45, 2.75) is 16.6 Å². The number of fused-ring (bicyclic) bond motifs is 1. The third-order valence-electron chi connectivity index (χ3n) is 4.25. The molecule has 3 rings (SSSR count). The molecule has 0 aliphatic carbocycles. The van der Waals surface area contributed by atoms with E-state index in [-0.39, 0.29) is 17.0 Å². The highest BCUT2D eigenvalue weighted by Crippen LogP contribution is 2.35. The number of benzene rings is 2. The van der Waals surface area contributed by atoms with E-state index in [1.54, 1.807) is 36.4 Å². The number of anilines is 1. The first-order valence-corrected chi connectivity index (χ1v) is 9.38. The highest BCUT2D eigenvalue weighted by Gasteiger charge is 2.44. The number of hydrogen-bond donors (Lipinski definition) is 1. The molecule has 1 aliphatic heterocycles. The van der Waals surface area contributed by atoms with Crippen molar-refractivity contribution >= 4 is 27.4 Å². The van der Waals surface area contributed by atoms with Gasteiger partial charge < -0.3 is 9.84 Å². The highest BCUT2D eigenvalue weighted by molar-refractivity contribution is 7.93. The van der Waals surface area contributed by atoms with Crippen LogP contribution in [-0.4, -0.2) is 44.3 Å². The summed E-state index contributed by atoms with van der Waals surface area (Å²) in [5.41, 5.74) is 0.744. The fraction of sp³-hybridized carbons (Fsp3) is 0.222. The van der Waals surface area contributed by atoms with Gasteiger partial charge >= 0.3 is 5.97 Å². The number of methoxy groups -OCH3 is 1. The molecule has 1 atom stereocenters. The van der Waals surface area contributed by atoms with Crippen molar-refractivity contribution in [1.29, 1.82) is 0 Å². The molecule has 0 spiro atoms. The van der Waals surface area contributed by atoms with Gasteiger partial charge in [0, 0.05) is 0 Å². The van der Waals surface area contributed by atoms with Gasteiger partial charge in [-0.3, -0.25) is 14.5 Å². The van der Waals surface area contributed by atoms with Gasteiger partial charge in [-0.15, -0.1) is 0 Å². The van der Waals surface area contributed by atoms with E-state index in [1.807, 2.05) is 0 Å². The van der Waals surface area contributed by atoms with Crippen LogP contribution in [0.2, 0.25) is 0 Å². The zero-order valence-electron chi connectivity index (χ0n) is 14.0. The molecule has 0 bridgehead atoms. The van der Waals surface area contributed by atoms with Crippen LogP contribution in [0.3, 0.4) is 0 Å². The Morgan fingerprint density at radius 1 is 1.15 bits per heavy atom. The predicted octanol–water partition coefficient (Wildman–Crippen LogP) is 1.51. The Bertz CT molecular complexity index is 952. The molecule has 0 fully saturated rings. The standard InChI is InChI=1S/C18H17NO6S/c1-25-13-8-6-12(7-9-13)10-16-18(22)19(11-17(20)21)14-4-2-3-5-15(14)26(16,23)24/h2-9,16H,10-11H2,1H3,(H,20,21). The Morgan fingerprint density at radius 3 is 2.42 bits per heavy atom. The Morgan fingerprint density at radius 2 is 1.81 bits per heavy atom. The number of nitrogens with zero attached hydrogens (tertiary/aromatic N) is 1. The van der Waals surface area contributed by atoms with Gasteiger partial charge in [0.2, 0.25) is 5.91 Å². The van der Waals surface area contributed by atoms with Crippen LogP contribution in [0.4, 0.5) is 5.69 Å². The molecule has 1 heterocycles. The smallest absolute Gasteiger partial charge is 0.323 e. The molecule has 0 aromatic heterocycles. The van der Waals surface area contributed by atoms with Crippen molar-refractivity contribution in [3.63, 3.8) is 0 Å². The number of ether oxygens (including phenoxy) is 1. The number of rotatable bonds is 5. The minimum atomic E-state index is -3.93. The molecular formula is C18H17NO6S. The zero-order valence-corrected chi connectivity index (χ0v) is 14.8. The second-order valence-corrected chi connectivity index (χ2v) is 7.97. The van der Waals surface area contributed by atoms with Crippen LogP contribution in [0.5, 0.6) is 5.75 Å². The van der Waals surface area contributed by atoms with E-state index < -0.39 is 33.5 Å². The minimum absolute atomic E-state index is 0.0284. The van der Waals surface area contributed by atoms with Crippen LogP contribution in [-0.2, 0) is 25.8 Å². The van der Waals surface area contributed by atoms with Gasteiger partial charge in [0.1, 0.15) is 17.5 Å². The first-order chi connectivity index (χ1) is 12.3. The Balaban J connectivity index is 2.04. The molecule has 1 N–H and O–H groups in total. The Hall–Kier alpha value is -2.87. The summed E-state index contributed by atoms with van der Waals surface area (Å²) in [6.45, 7) is -0.593. The molecular weight excluding hydrogens is 358 g/mol. The zero-order chi connectivity index (χ0) is 18.9. The van der Waals surface area contributed by atoms with Crippen LogP contribution in [0.25, 0.3) is 0 Å². The molecule has 2 aromatic carbocycles. The average Bonchev–Trinajstić information content (AvgIpc) is 2.63. The van der Waals surface area contributed by atoms with Crippen LogP contribution >= 0.6 is 0 Å². The summed E-state index contributed by atoms with van der Waals surface area (Å²) < 4.78 is 31.0. The lowest BCUT2D eigenvalue weighted by atomic mass is 10.1. The summed E-state index contributed by atoms with van der Waals surface area (Å²) >= 11 is 0. The van der Waals surface area contributed by atoms with Crippen molar-refractivity contribution in [3.05, 3.63) is 54.1 Å². The number of sulfone groups is 1. The summed E-state index contributed by atoms with van der Waals surface area (Å²) in [7, 11) is -2.41. The molecule has 26 heavy (non-hydrogen) atoms. The summed E-state index contributed by atoms with van der Waals surface area (Å²) in [4.78, 5) is 25.0. The van der Waals surface area contributed by atoms with Gasteiger partial charge in [-0.05, 0) is 36.2 Å². The topological polar surface area (TPSA) is 101 Å². The minimum Gasteiger partial charge on any atom is -0.497 e. The lowest BCUT2D eigenvalue weighted by molar-refractivity contribution is -0.136. The first kappa shape index (κ1) is 17.9. The maximum absolute atomic E-state index is 13.0. The van der Waals surface area contributed by atoms with E-state index in [1.165, 1.54) is 19.2 Å². The third-order valence-corrected chi connectivity index (χ3v) is 6.33. The van der Waals surface area contributed by atoms with Crippen molar-refractivity contribution in [2.75, 3.05) is 18.6 Å². The predicted molar refractivity (Wildman–Crippen MR) is 94.1 cm³/mol.